The molecule has 8 nitrogen and oxygen atoms in total. The smallest absolute Gasteiger partial charge is 0.382 e. The number of hydrogen-bond donors (Lipinski definition) is 2. The van der Waals surface area contributed by atoms with Gasteiger partial charge in [0.2, 0.25) is 0 Å². The Kier molecular flexibility index (Phi) is 12.0. The molecule has 2 N–H and O–H groups in total. The van der Waals surface area contributed by atoms with Crippen LogP contribution in [0.3, 0.4) is 0 Å². The number of alkyl halides is 6. The molecule has 0 spiro atoms. The normalized spacial score (nSPS) is 12.5. The third-order valence-electron chi connectivity index (χ3n) is 4.56. The molecule has 14 heteroatoms. The zero-order valence-corrected chi connectivity index (χ0v) is 19.9. The van der Waals surface area contributed by atoms with Gasteiger partial charge in [0.1, 0.15) is 30.7 Å². The molecule has 2 heterocycles. The lowest BCUT2D eigenvalue weighted by atomic mass is 10.1. The molecule has 0 aromatic carbocycles. The van der Waals surface area contributed by atoms with Crippen molar-refractivity contribution in [3.05, 3.63) is 51.2 Å². The Balaban J connectivity index is 0.00000190. The maximum Gasteiger partial charge on any atom is 0.431 e. The summed E-state index contributed by atoms with van der Waals surface area (Å²) in [6, 6.07) is 0.750. The third kappa shape index (κ3) is 7.65. The van der Waals surface area contributed by atoms with Crippen molar-refractivity contribution in [2.24, 2.45) is 0 Å². The fraction of sp³-hybridized carbons (Fsp3) is 0.409. The maximum absolute atomic E-state index is 13.5. The predicted molar refractivity (Wildman–Crippen MR) is 121 cm³/mol. The van der Waals surface area contributed by atoms with Crippen molar-refractivity contribution in [2.75, 3.05) is 17.7 Å². The number of nitrogens with zero attached hydrogens (tertiary/aromatic N) is 2. The number of carbonyl (C=O) groups is 3. The molecule has 36 heavy (non-hydrogen) atoms. The topological polar surface area (TPSA) is 110 Å². The molecule has 1 aliphatic rings. The van der Waals surface area contributed by atoms with Crippen LogP contribution in [-0.4, -0.2) is 36.1 Å². The number of amides is 1. The second-order valence-corrected chi connectivity index (χ2v) is 6.81. The van der Waals surface area contributed by atoms with Crippen molar-refractivity contribution in [3.8, 4) is 0 Å². The van der Waals surface area contributed by atoms with Crippen LogP contribution in [0.4, 0.5) is 37.7 Å². The van der Waals surface area contributed by atoms with Crippen molar-refractivity contribution < 1.29 is 40.7 Å². The minimum Gasteiger partial charge on any atom is -0.382 e. The molecular formula is C22H26F6N4O4. The molecular weight excluding hydrogens is 498 g/mol. The van der Waals surface area contributed by atoms with E-state index in [9.17, 15) is 35.9 Å². The lowest BCUT2D eigenvalue weighted by Gasteiger charge is -2.19. The van der Waals surface area contributed by atoms with Gasteiger partial charge in [-0.3, -0.25) is 19.1 Å². The van der Waals surface area contributed by atoms with Gasteiger partial charge in [0.05, 0.1) is 11.3 Å². The lowest BCUT2D eigenvalue weighted by Crippen LogP contribution is -2.31. The molecule has 200 valence electrons. The zero-order valence-electron chi connectivity index (χ0n) is 19.9. The molecule has 2 aromatic rings. The molecule has 1 saturated carbocycles. The fourth-order valence-corrected chi connectivity index (χ4v) is 3.03. The average Bonchev–Trinajstić information content (AvgIpc) is 3.66. The summed E-state index contributed by atoms with van der Waals surface area (Å²) in [7, 11) is 1.30. The largest absolute Gasteiger partial charge is 0.431 e. The third-order valence-corrected chi connectivity index (χ3v) is 4.56. The first-order valence-electron chi connectivity index (χ1n) is 10.3. The van der Waals surface area contributed by atoms with Gasteiger partial charge < -0.3 is 20.2 Å². The van der Waals surface area contributed by atoms with E-state index in [4.69, 9.17) is 9.59 Å². The van der Waals surface area contributed by atoms with Crippen LogP contribution in [0.2, 0.25) is 0 Å². The molecule has 1 fully saturated rings. The van der Waals surface area contributed by atoms with Crippen LogP contribution in [0.25, 0.3) is 0 Å². The van der Waals surface area contributed by atoms with E-state index >= 15 is 0 Å². The molecule has 3 rings (SSSR count). The highest BCUT2D eigenvalue weighted by atomic mass is 19.4. The van der Waals surface area contributed by atoms with E-state index in [0.717, 1.165) is 0 Å². The van der Waals surface area contributed by atoms with E-state index in [1.807, 2.05) is 27.4 Å². The SMILES string of the molecule is C=O.C=O.CC.CNc1c(NC(=O)c2ncc(C(F)(F)F)cc2C)cc(C(F)(F)F)n(C2CC2)c1=O. The summed E-state index contributed by atoms with van der Waals surface area (Å²) in [6.45, 7) is 9.21. The molecule has 0 saturated heterocycles. The van der Waals surface area contributed by atoms with Crippen LogP contribution < -0.4 is 16.2 Å². The fourth-order valence-electron chi connectivity index (χ4n) is 3.03. The van der Waals surface area contributed by atoms with E-state index < -0.39 is 52.5 Å². The Labute approximate surface area is 202 Å². The van der Waals surface area contributed by atoms with Crippen LogP contribution in [0, 0.1) is 6.92 Å². The minimum absolute atomic E-state index is 0.129. The number of aromatic nitrogens is 2. The standard InChI is InChI=1S/C18H16F6N4O2.C2H6.2CH2O/c1-8-5-9(17(19,20)21)7-26-13(8)15(29)27-11-6-12(18(22,23)24)28(10-3-4-10)16(30)14(11)25-2;3*1-2/h5-7,10,25H,3-4H2,1-2H3,(H,27,29);1-2H3;2*1H2. The van der Waals surface area contributed by atoms with Crippen LogP contribution in [0.15, 0.2) is 23.1 Å². The first kappa shape index (κ1) is 32.3. The highest BCUT2D eigenvalue weighted by Gasteiger charge is 2.40. The first-order valence-corrected chi connectivity index (χ1v) is 10.3. The molecule has 0 atom stereocenters. The Bertz CT molecular complexity index is 1090. The van der Waals surface area contributed by atoms with Gasteiger partial charge in [-0.15, -0.1) is 0 Å². The summed E-state index contributed by atoms with van der Waals surface area (Å²) < 4.78 is 79.4. The monoisotopic (exact) mass is 524 g/mol. The first-order chi connectivity index (χ1) is 16.8. The molecule has 0 radical (unpaired) electrons. The van der Waals surface area contributed by atoms with Gasteiger partial charge in [-0.05, 0) is 37.5 Å². The van der Waals surface area contributed by atoms with Crippen molar-refractivity contribution in [2.45, 2.75) is 52.0 Å². The number of pyridine rings is 2. The van der Waals surface area contributed by atoms with Crippen LogP contribution in [-0.2, 0) is 21.9 Å². The van der Waals surface area contributed by atoms with E-state index in [0.29, 0.717) is 35.7 Å². The van der Waals surface area contributed by atoms with Gasteiger partial charge in [-0.2, -0.15) is 26.3 Å². The maximum atomic E-state index is 13.5. The summed E-state index contributed by atoms with van der Waals surface area (Å²) in [5.41, 5.74) is -4.51. The zero-order chi connectivity index (χ0) is 28.4. The summed E-state index contributed by atoms with van der Waals surface area (Å²) >= 11 is 0. The van der Waals surface area contributed by atoms with Crippen molar-refractivity contribution >= 4 is 30.9 Å². The number of halogens is 6. The van der Waals surface area contributed by atoms with Gasteiger partial charge in [0.25, 0.3) is 11.5 Å². The number of anilines is 2. The Morgan fingerprint density at radius 1 is 1.03 bits per heavy atom. The number of rotatable bonds is 4. The Hall–Kier alpha value is -3.71. The van der Waals surface area contributed by atoms with Gasteiger partial charge in [0, 0.05) is 19.3 Å². The summed E-state index contributed by atoms with van der Waals surface area (Å²) in [5, 5.41) is 4.64. The van der Waals surface area contributed by atoms with Crippen molar-refractivity contribution in [1.29, 1.82) is 0 Å². The number of nitrogens with one attached hydrogen (secondary N) is 2. The van der Waals surface area contributed by atoms with Gasteiger partial charge >= 0.3 is 12.4 Å². The molecule has 0 bridgehead atoms. The second kappa shape index (κ2) is 13.4. The van der Waals surface area contributed by atoms with Gasteiger partial charge in [0.15, 0.2) is 0 Å². The second-order valence-electron chi connectivity index (χ2n) is 6.81. The van der Waals surface area contributed by atoms with E-state index in [1.165, 1.54) is 14.0 Å². The summed E-state index contributed by atoms with van der Waals surface area (Å²) in [4.78, 5) is 44.6. The number of hydrogen-bond acceptors (Lipinski definition) is 6. The minimum atomic E-state index is -4.85. The van der Waals surface area contributed by atoms with Crippen LogP contribution in [0.5, 0.6) is 0 Å². The average molecular weight is 524 g/mol. The quantitative estimate of drug-likeness (QED) is 0.552. The Morgan fingerprint density at radius 3 is 1.94 bits per heavy atom. The van der Waals surface area contributed by atoms with E-state index in [-0.39, 0.29) is 11.3 Å². The number of aryl methyl sites for hydroxylation is 1. The molecule has 1 amide bonds. The molecule has 1 aliphatic carbocycles. The molecule has 2 aromatic heterocycles. The lowest BCUT2D eigenvalue weighted by molar-refractivity contribution is -0.144. The summed E-state index contributed by atoms with van der Waals surface area (Å²) in [6.07, 6.45) is -8.22. The molecule has 0 unspecified atom stereocenters. The summed E-state index contributed by atoms with van der Waals surface area (Å²) in [5.74, 6) is -1.05. The van der Waals surface area contributed by atoms with E-state index in [1.54, 1.807) is 0 Å². The van der Waals surface area contributed by atoms with Crippen LogP contribution >= 0.6 is 0 Å². The van der Waals surface area contributed by atoms with Crippen molar-refractivity contribution in [1.82, 2.24) is 9.55 Å². The van der Waals surface area contributed by atoms with Crippen LogP contribution in [0.1, 0.15) is 60.0 Å². The van der Waals surface area contributed by atoms with Gasteiger partial charge in [-0.1, -0.05) is 13.8 Å². The number of carbonyl (C=O) groups excluding carboxylic acids is 3. The highest BCUT2D eigenvalue weighted by Crippen LogP contribution is 2.41. The van der Waals surface area contributed by atoms with Gasteiger partial charge in [-0.25, -0.2) is 0 Å². The highest BCUT2D eigenvalue weighted by molar-refractivity contribution is 6.05. The predicted octanol–water partition coefficient (Wildman–Crippen LogP) is 4.87. The Morgan fingerprint density at radius 2 is 1.56 bits per heavy atom. The van der Waals surface area contributed by atoms with E-state index in [2.05, 4.69) is 15.6 Å². The molecule has 0 aliphatic heterocycles. The van der Waals surface area contributed by atoms with Crippen molar-refractivity contribution in [3.63, 3.8) is 0 Å².